The van der Waals surface area contributed by atoms with E-state index in [1.165, 1.54) is 0 Å². The average molecular weight is 396 g/mol. The first-order chi connectivity index (χ1) is 13.2. The lowest BCUT2D eigenvalue weighted by molar-refractivity contribution is -0.151. The van der Waals surface area contributed by atoms with Crippen molar-refractivity contribution in [1.29, 1.82) is 0 Å². The van der Waals surface area contributed by atoms with Crippen molar-refractivity contribution in [2.24, 2.45) is 11.8 Å². The number of amides is 6. The van der Waals surface area contributed by atoms with Gasteiger partial charge in [-0.05, 0) is 24.7 Å². The van der Waals surface area contributed by atoms with Crippen molar-refractivity contribution in [3.8, 4) is 0 Å². The molecule has 0 aromatic carbocycles. The minimum Gasteiger partial charge on any atom is -0.454 e. The highest BCUT2D eigenvalue weighted by Crippen LogP contribution is 2.38. The normalized spacial score (nSPS) is 24.3. The summed E-state index contributed by atoms with van der Waals surface area (Å²) in [5.41, 5.74) is -0.957. The van der Waals surface area contributed by atoms with Crippen molar-refractivity contribution < 1.29 is 28.7 Å². The van der Waals surface area contributed by atoms with Gasteiger partial charge in [-0.2, -0.15) is 0 Å². The molecule has 1 saturated carbocycles. The van der Waals surface area contributed by atoms with Gasteiger partial charge in [-0.15, -0.1) is 0 Å². The highest BCUT2D eigenvalue weighted by molar-refractivity contribution is 6.09. The molecule has 156 valence electrons. The summed E-state index contributed by atoms with van der Waals surface area (Å²) in [7, 11) is 0. The summed E-state index contributed by atoms with van der Waals surface area (Å²) < 4.78 is 4.79. The lowest BCUT2D eigenvalue weighted by atomic mass is 9.73. The molecule has 0 unspecified atom stereocenters. The smallest absolute Gasteiger partial charge is 0.326 e. The summed E-state index contributed by atoms with van der Waals surface area (Å²) in [4.78, 5) is 60.9. The van der Waals surface area contributed by atoms with Gasteiger partial charge in [-0.3, -0.25) is 24.6 Å². The number of imide groups is 2. The number of nitrogens with zero attached hydrogens (tertiary/aromatic N) is 1. The van der Waals surface area contributed by atoms with Gasteiger partial charge in [0.15, 0.2) is 6.61 Å². The van der Waals surface area contributed by atoms with E-state index in [-0.39, 0.29) is 11.8 Å². The molecule has 10 heteroatoms. The number of rotatable bonds is 6. The highest BCUT2D eigenvalue weighted by atomic mass is 16.5. The quantitative estimate of drug-likeness (QED) is 0.442. The molecule has 1 heterocycles. The fraction of sp³-hybridized carbons (Fsp3) is 0.722. The first-order valence-corrected chi connectivity index (χ1v) is 9.53. The lowest BCUT2D eigenvalue weighted by Gasteiger charge is -2.36. The Morgan fingerprint density at radius 3 is 2.64 bits per heavy atom. The van der Waals surface area contributed by atoms with Crippen LogP contribution in [0.2, 0.25) is 0 Å². The van der Waals surface area contributed by atoms with Gasteiger partial charge in [0.2, 0.25) is 0 Å². The van der Waals surface area contributed by atoms with E-state index in [9.17, 15) is 24.0 Å². The summed E-state index contributed by atoms with van der Waals surface area (Å²) in [5, 5.41) is 7.25. The summed E-state index contributed by atoms with van der Waals surface area (Å²) in [6.45, 7) is 4.85. The molecule has 1 spiro atoms. The predicted molar refractivity (Wildman–Crippen MR) is 97.9 cm³/mol. The number of hydrogen-bond donors (Lipinski definition) is 3. The molecule has 3 N–H and O–H groups in total. The van der Waals surface area contributed by atoms with Gasteiger partial charge in [0.25, 0.3) is 11.8 Å². The van der Waals surface area contributed by atoms with E-state index in [0.717, 1.165) is 24.2 Å². The molecule has 1 aliphatic heterocycles. The van der Waals surface area contributed by atoms with Crippen LogP contribution in [0.1, 0.15) is 46.5 Å². The maximum atomic E-state index is 12.8. The maximum Gasteiger partial charge on any atom is 0.326 e. The Morgan fingerprint density at radius 1 is 1.29 bits per heavy atom. The largest absolute Gasteiger partial charge is 0.454 e. The van der Waals surface area contributed by atoms with Gasteiger partial charge in [-0.25, -0.2) is 9.59 Å². The number of esters is 1. The third kappa shape index (κ3) is 4.99. The molecule has 0 radical (unpaired) electrons. The molecule has 2 atom stereocenters. The van der Waals surface area contributed by atoms with Crippen LogP contribution in [-0.2, 0) is 19.1 Å². The van der Waals surface area contributed by atoms with Crippen LogP contribution in [0.4, 0.5) is 9.59 Å². The fourth-order valence-electron chi connectivity index (χ4n) is 3.46. The Bertz CT molecular complexity index is 664. The van der Waals surface area contributed by atoms with Crippen LogP contribution in [0.3, 0.4) is 0 Å². The van der Waals surface area contributed by atoms with E-state index in [0.29, 0.717) is 13.0 Å². The zero-order valence-corrected chi connectivity index (χ0v) is 16.5. The molecule has 1 aliphatic carbocycles. The van der Waals surface area contributed by atoms with Crippen molar-refractivity contribution in [1.82, 2.24) is 20.9 Å². The van der Waals surface area contributed by atoms with Crippen molar-refractivity contribution in [2.75, 3.05) is 19.7 Å². The molecular weight excluding hydrogens is 368 g/mol. The number of urea groups is 2. The average Bonchev–Trinajstić information content (AvgIpc) is 2.86. The van der Waals surface area contributed by atoms with Crippen molar-refractivity contribution in [3.63, 3.8) is 0 Å². The van der Waals surface area contributed by atoms with E-state index in [1.807, 2.05) is 26.1 Å². The van der Waals surface area contributed by atoms with Crippen LogP contribution >= 0.6 is 0 Å². The third-order valence-corrected chi connectivity index (χ3v) is 5.08. The first kappa shape index (κ1) is 21.6. The molecule has 6 amide bonds. The number of nitrogens with one attached hydrogen (secondary N) is 3. The van der Waals surface area contributed by atoms with Crippen LogP contribution in [0.5, 0.6) is 0 Å². The monoisotopic (exact) mass is 396 g/mol. The van der Waals surface area contributed by atoms with E-state index in [2.05, 4.69) is 10.6 Å². The Morgan fingerprint density at radius 2 is 2.00 bits per heavy atom. The van der Waals surface area contributed by atoms with Gasteiger partial charge in [-0.1, -0.05) is 33.6 Å². The van der Waals surface area contributed by atoms with Crippen LogP contribution in [0, 0.1) is 11.8 Å². The van der Waals surface area contributed by atoms with E-state index in [4.69, 9.17) is 4.74 Å². The molecule has 10 nitrogen and oxygen atoms in total. The zero-order valence-electron chi connectivity index (χ0n) is 16.5. The van der Waals surface area contributed by atoms with Gasteiger partial charge in [0, 0.05) is 6.54 Å². The summed E-state index contributed by atoms with van der Waals surface area (Å²) in [6.07, 6.45) is 3.18. The minimum absolute atomic E-state index is 0.0196. The summed E-state index contributed by atoms with van der Waals surface area (Å²) in [6, 6.07) is -1.31. The van der Waals surface area contributed by atoms with Gasteiger partial charge < -0.3 is 15.4 Å². The van der Waals surface area contributed by atoms with E-state index >= 15 is 0 Å². The standard InChI is InChI=1S/C18H28N4O6/c1-11(2)8-19-16(26)20-13(23)10-28-14(24)9-22-15(25)18(21-17(22)27)7-5-4-6-12(18)3/h11-12H,4-10H2,1-3H3,(H,21,27)(H2,19,20,23,26)/t12-,18+/m0/s1. The Kier molecular flexibility index (Phi) is 6.98. The molecule has 2 aliphatic rings. The number of carbonyl (C=O) groups excluding carboxylic acids is 5. The van der Waals surface area contributed by atoms with E-state index in [1.54, 1.807) is 0 Å². The Balaban J connectivity index is 1.81. The maximum absolute atomic E-state index is 12.8. The summed E-state index contributed by atoms with van der Waals surface area (Å²) in [5.74, 6) is -1.93. The zero-order chi connectivity index (χ0) is 20.9. The second-order valence-corrected chi connectivity index (χ2v) is 7.75. The lowest BCUT2D eigenvalue weighted by Crippen LogP contribution is -2.54. The molecule has 28 heavy (non-hydrogen) atoms. The predicted octanol–water partition coefficient (Wildman–Crippen LogP) is 0.512. The molecule has 0 aromatic heterocycles. The Labute approximate surface area is 163 Å². The van der Waals surface area contributed by atoms with Gasteiger partial charge in [0.1, 0.15) is 12.1 Å². The van der Waals surface area contributed by atoms with Crippen molar-refractivity contribution in [3.05, 3.63) is 0 Å². The third-order valence-electron chi connectivity index (χ3n) is 5.08. The van der Waals surface area contributed by atoms with Crippen molar-refractivity contribution >= 4 is 29.8 Å². The fourth-order valence-corrected chi connectivity index (χ4v) is 3.46. The molecule has 2 rings (SSSR count). The van der Waals surface area contributed by atoms with Gasteiger partial charge in [0.05, 0.1) is 0 Å². The molecule has 0 aromatic rings. The molecular formula is C18H28N4O6. The second-order valence-electron chi connectivity index (χ2n) is 7.75. The van der Waals surface area contributed by atoms with Gasteiger partial charge >= 0.3 is 18.0 Å². The topological polar surface area (TPSA) is 134 Å². The first-order valence-electron chi connectivity index (χ1n) is 9.53. The SMILES string of the molecule is CC(C)CNC(=O)NC(=O)COC(=O)CN1C(=O)N[C@@]2(CCCC[C@@H]2C)C1=O. The van der Waals surface area contributed by atoms with Crippen LogP contribution in [0.25, 0.3) is 0 Å². The number of ether oxygens (including phenoxy) is 1. The van der Waals surface area contributed by atoms with Crippen LogP contribution in [0.15, 0.2) is 0 Å². The van der Waals surface area contributed by atoms with Crippen LogP contribution < -0.4 is 16.0 Å². The molecule has 0 bridgehead atoms. The van der Waals surface area contributed by atoms with Crippen LogP contribution in [-0.4, -0.2) is 60.0 Å². The second kappa shape index (κ2) is 9.03. The highest BCUT2D eigenvalue weighted by Gasteiger charge is 2.55. The molecule has 1 saturated heterocycles. The summed E-state index contributed by atoms with van der Waals surface area (Å²) >= 11 is 0. The van der Waals surface area contributed by atoms with Crippen molar-refractivity contribution in [2.45, 2.75) is 52.0 Å². The molecule has 2 fully saturated rings. The number of hydrogen-bond acceptors (Lipinski definition) is 6. The Hall–Kier alpha value is -2.65. The minimum atomic E-state index is -0.957. The number of carbonyl (C=O) groups is 5. The van der Waals surface area contributed by atoms with E-state index < -0.39 is 48.5 Å².